The molecule has 0 aliphatic carbocycles. The monoisotopic (exact) mass is 284 g/mol. The molecule has 0 atom stereocenters. The number of esters is 1. The van der Waals surface area contributed by atoms with Crippen molar-refractivity contribution in [3.05, 3.63) is 8.58 Å². The lowest BCUT2D eigenvalue weighted by Crippen LogP contribution is -2.04. The number of anilines is 1. The molecule has 0 fully saturated rings. The second-order valence-electron chi connectivity index (χ2n) is 1.71. The average Bonchev–Trinajstić information content (AvgIpc) is 2.32. The lowest BCUT2D eigenvalue weighted by molar-refractivity contribution is 0.0596. The van der Waals surface area contributed by atoms with Crippen molar-refractivity contribution in [3.63, 3.8) is 0 Å². The molecule has 0 unspecified atom stereocenters. The van der Waals surface area contributed by atoms with Gasteiger partial charge >= 0.3 is 5.97 Å². The normalized spacial score (nSPS) is 9.64. The lowest BCUT2D eigenvalue weighted by atomic mass is 10.4. The molecule has 60 valence electrons. The van der Waals surface area contributed by atoms with Gasteiger partial charge in [-0.05, 0) is 34.1 Å². The molecule has 6 heteroatoms. The first-order chi connectivity index (χ1) is 5.16. The molecule has 4 nitrogen and oxygen atoms in total. The largest absolute Gasteiger partial charge is 0.464 e. The maximum Gasteiger partial charge on any atom is 0.359 e. The van der Waals surface area contributed by atoms with Crippen molar-refractivity contribution >= 4 is 45.8 Å². The van der Waals surface area contributed by atoms with Crippen molar-refractivity contribution in [3.8, 4) is 0 Å². The first-order valence-electron chi connectivity index (χ1n) is 2.65. The Bertz CT molecular complexity index is 286. The molecular weight excluding hydrogens is 279 g/mol. The minimum absolute atomic E-state index is 0.210. The van der Waals surface area contributed by atoms with Gasteiger partial charge in [0.05, 0.1) is 12.8 Å². The Balaban J connectivity index is 3.04. The van der Waals surface area contributed by atoms with Crippen LogP contribution in [0.25, 0.3) is 0 Å². The van der Waals surface area contributed by atoms with E-state index in [-0.39, 0.29) is 5.69 Å². The highest BCUT2D eigenvalue weighted by Crippen LogP contribution is 2.23. The number of ether oxygens (including phenoxy) is 1. The van der Waals surface area contributed by atoms with Gasteiger partial charge in [0.25, 0.3) is 0 Å². The van der Waals surface area contributed by atoms with Gasteiger partial charge in [-0.15, -0.1) is 0 Å². The number of rotatable bonds is 1. The van der Waals surface area contributed by atoms with Crippen LogP contribution in [0.1, 0.15) is 10.5 Å². The van der Waals surface area contributed by atoms with Crippen molar-refractivity contribution in [1.82, 2.24) is 4.37 Å². The Morgan fingerprint density at radius 1 is 1.82 bits per heavy atom. The minimum Gasteiger partial charge on any atom is -0.464 e. The van der Waals surface area contributed by atoms with Crippen molar-refractivity contribution in [1.29, 1.82) is 0 Å². The summed E-state index contributed by atoms with van der Waals surface area (Å²) >= 11 is 3.20. The molecular formula is C5H5IN2O2S. The van der Waals surface area contributed by atoms with E-state index >= 15 is 0 Å². The molecule has 0 saturated carbocycles. The summed E-state index contributed by atoms with van der Waals surface area (Å²) in [5.74, 6) is -0.485. The molecule has 1 aromatic rings. The van der Waals surface area contributed by atoms with E-state index in [1.54, 1.807) is 0 Å². The third-order valence-corrected chi connectivity index (χ3v) is 2.89. The van der Waals surface area contributed by atoms with Gasteiger partial charge in [0.1, 0.15) is 2.88 Å². The van der Waals surface area contributed by atoms with Crippen LogP contribution < -0.4 is 5.73 Å². The highest BCUT2D eigenvalue weighted by atomic mass is 127. The van der Waals surface area contributed by atoms with E-state index in [4.69, 9.17) is 5.73 Å². The number of nitrogens with zero attached hydrogens (tertiary/aromatic N) is 1. The minimum atomic E-state index is -0.485. The Hall–Kier alpha value is -0.370. The molecule has 0 amide bonds. The van der Waals surface area contributed by atoms with Crippen molar-refractivity contribution < 1.29 is 9.53 Å². The third-order valence-electron chi connectivity index (χ3n) is 1.06. The van der Waals surface area contributed by atoms with E-state index in [1.807, 2.05) is 22.6 Å². The number of hydrogen-bond donors (Lipinski definition) is 1. The lowest BCUT2D eigenvalue weighted by Gasteiger charge is -1.93. The fourth-order valence-electron chi connectivity index (χ4n) is 0.521. The quantitative estimate of drug-likeness (QED) is 0.620. The average molecular weight is 284 g/mol. The summed E-state index contributed by atoms with van der Waals surface area (Å²) in [5.41, 5.74) is 6.13. The van der Waals surface area contributed by atoms with Crippen LogP contribution in [0.3, 0.4) is 0 Å². The number of aromatic nitrogens is 1. The maximum absolute atomic E-state index is 10.9. The molecule has 0 radical (unpaired) electrons. The molecule has 0 saturated heterocycles. The van der Waals surface area contributed by atoms with E-state index in [0.717, 1.165) is 2.88 Å². The molecule has 0 aliphatic rings. The summed E-state index contributed by atoms with van der Waals surface area (Å²) in [6.07, 6.45) is 0. The summed E-state index contributed by atoms with van der Waals surface area (Å²) in [5, 5.41) is 0. The van der Waals surface area contributed by atoms with Gasteiger partial charge in [0.2, 0.25) is 0 Å². The van der Waals surface area contributed by atoms with E-state index in [9.17, 15) is 4.79 Å². The van der Waals surface area contributed by atoms with Crippen molar-refractivity contribution in [2.45, 2.75) is 0 Å². The van der Waals surface area contributed by atoms with Crippen LogP contribution in [0.4, 0.5) is 5.69 Å². The standard InChI is InChI=1S/C5H5IN2O2S/c1-10-5(9)3-2(7)4(6)11-8-3/h7H2,1H3. The van der Waals surface area contributed by atoms with Crippen molar-refractivity contribution in [2.24, 2.45) is 0 Å². The van der Waals surface area contributed by atoms with Gasteiger partial charge in [-0.3, -0.25) is 0 Å². The van der Waals surface area contributed by atoms with Crippen LogP contribution in [0.15, 0.2) is 0 Å². The molecule has 0 bridgehead atoms. The molecule has 0 aliphatic heterocycles. The zero-order valence-electron chi connectivity index (χ0n) is 5.63. The predicted octanol–water partition coefficient (Wildman–Crippen LogP) is 1.12. The summed E-state index contributed by atoms with van der Waals surface area (Å²) in [6.45, 7) is 0. The molecule has 1 rings (SSSR count). The maximum atomic E-state index is 10.9. The summed E-state index contributed by atoms with van der Waals surface area (Å²) in [7, 11) is 1.30. The highest BCUT2D eigenvalue weighted by molar-refractivity contribution is 14.1. The number of nitrogens with two attached hydrogens (primary N) is 1. The topological polar surface area (TPSA) is 65.2 Å². The molecule has 11 heavy (non-hydrogen) atoms. The third kappa shape index (κ3) is 1.62. The fraction of sp³-hybridized carbons (Fsp3) is 0.200. The van der Waals surface area contributed by atoms with Crippen LogP contribution in [0.5, 0.6) is 0 Å². The SMILES string of the molecule is COC(=O)c1nsc(I)c1N. The summed E-state index contributed by atoms with van der Waals surface area (Å²) < 4.78 is 9.08. The fourth-order valence-corrected chi connectivity index (χ4v) is 1.61. The van der Waals surface area contributed by atoms with E-state index in [0.29, 0.717) is 5.69 Å². The molecule has 2 N–H and O–H groups in total. The molecule has 1 aromatic heterocycles. The Labute approximate surface area is 81.0 Å². The van der Waals surface area contributed by atoms with Crippen LogP contribution in [0.2, 0.25) is 0 Å². The second-order valence-corrected chi connectivity index (χ2v) is 4.29. The first-order valence-corrected chi connectivity index (χ1v) is 4.51. The van der Waals surface area contributed by atoms with Crippen LogP contribution >= 0.6 is 34.1 Å². The first kappa shape index (κ1) is 8.72. The Kier molecular flexibility index (Phi) is 2.66. The molecule has 0 spiro atoms. The Morgan fingerprint density at radius 2 is 2.45 bits per heavy atom. The van der Waals surface area contributed by atoms with Gasteiger partial charge in [-0.2, -0.15) is 4.37 Å². The molecule has 0 aromatic carbocycles. The zero-order valence-corrected chi connectivity index (χ0v) is 8.60. The number of hydrogen-bond acceptors (Lipinski definition) is 5. The number of halogens is 1. The number of nitrogen functional groups attached to an aromatic ring is 1. The van der Waals surface area contributed by atoms with Crippen molar-refractivity contribution in [2.75, 3.05) is 12.8 Å². The molecule has 1 heterocycles. The predicted molar refractivity (Wildman–Crippen MR) is 50.6 cm³/mol. The number of methoxy groups -OCH3 is 1. The van der Waals surface area contributed by atoms with E-state index in [2.05, 4.69) is 9.11 Å². The number of carbonyl (C=O) groups is 1. The van der Waals surface area contributed by atoms with E-state index in [1.165, 1.54) is 18.6 Å². The smallest absolute Gasteiger partial charge is 0.359 e. The van der Waals surface area contributed by atoms with E-state index < -0.39 is 5.97 Å². The van der Waals surface area contributed by atoms with Gasteiger partial charge in [0.15, 0.2) is 5.69 Å². The number of carbonyl (C=O) groups excluding carboxylic acids is 1. The van der Waals surface area contributed by atoms with Gasteiger partial charge < -0.3 is 10.5 Å². The summed E-state index contributed by atoms with van der Waals surface area (Å²) in [4.78, 5) is 10.9. The second kappa shape index (κ2) is 3.35. The van der Waals surface area contributed by atoms with Gasteiger partial charge in [-0.25, -0.2) is 4.79 Å². The van der Waals surface area contributed by atoms with Crippen LogP contribution in [-0.4, -0.2) is 17.5 Å². The van der Waals surface area contributed by atoms with Gasteiger partial charge in [0, 0.05) is 0 Å². The van der Waals surface area contributed by atoms with Crippen LogP contribution in [-0.2, 0) is 4.74 Å². The van der Waals surface area contributed by atoms with Gasteiger partial charge in [-0.1, -0.05) is 0 Å². The zero-order chi connectivity index (χ0) is 8.43. The van der Waals surface area contributed by atoms with Crippen LogP contribution in [0, 0.1) is 2.88 Å². The highest BCUT2D eigenvalue weighted by Gasteiger charge is 2.15. The summed E-state index contributed by atoms with van der Waals surface area (Å²) in [6, 6.07) is 0. The Morgan fingerprint density at radius 3 is 2.82 bits per heavy atom.